The van der Waals surface area contributed by atoms with Crippen molar-refractivity contribution in [1.82, 2.24) is 5.32 Å². The molecule has 1 aromatic carbocycles. The van der Waals surface area contributed by atoms with Crippen molar-refractivity contribution >= 4 is 27.3 Å². The van der Waals surface area contributed by atoms with Gasteiger partial charge in [-0.2, -0.15) is 0 Å². The first-order valence-electron chi connectivity index (χ1n) is 7.08. The van der Waals surface area contributed by atoms with Gasteiger partial charge in [-0.1, -0.05) is 24.6 Å². The Labute approximate surface area is 134 Å². The molecule has 0 saturated carbocycles. The monoisotopic (exact) mass is 351 g/mol. The van der Waals surface area contributed by atoms with Crippen LogP contribution in [0.5, 0.6) is 0 Å². The molecular weight excluding hydrogens is 330 g/mol. The van der Waals surface area contributed by atoms with Gasteiger partial charge in [-0.3, -0.25) is 0 Å². The summed E-state index contributed by atoms with van der Waals surface area (Å²) in [4.78, 5) is 1.37. The summed E-state index contributed by atoms with van der Waals surface area (Å²) < 4.78 is 1.20. The third-order valence-electron chi connectivity index (χ3n) is 3.53. The van der Waals surface area contributed by atoms with Crippen molar-refractivity contribution in [1.29, 1.82) is 0 Å². The van der Waals surface area contributed by atoms with Crippen LogP contribution in [0.4, 0.5) is 0 Å². The SMILES string of the molecule is CCCNC(c1sccc1Br)c1c(C)cc(C)cc1C. The molecule has 0 radical (unpaired) electrons. The predicted octanol–water partition coefficient (Wildman–Crippen LogP) is 5.52. The van der Waals surface area contributed by atoms with Crippen LogP contribution in [0.3, 0.4) is 0 Å². The molecule has 0 aliphatic heterocycles. The number of hydrogen-bond donors (Lipinski definition) is 1. The molecular formula is C17H22BrNS. The van der Waals surface area contributed by atoms with Gasteiger partial charge >= 0.3 is 0 Å². The Morgan fingerprint density at radius 3 is 2.35 bits per heavy atom. The van der Waals surface area contributed by atoms with Crippen LogP contribution < -0.4 is 5.32 Å². The Morgan fingerprint density at radius 1 is 1.20 bits per heavy atom. The lowest BCUT2D eigenvalue weighted by molar-refractivity contribution is 0.599. The van der Waals surface area contributed by atoms with Gasteiger partial charge in [0.2, 0.25) is 0 Å². The highest BCUT2D eigenvalue weighted by Crippen LogP contribution is 2.36. The molecule has 3 heteroatoms. The quantitative estimate of drug-likeness (QED) is 0.747. The van der Waals surface area contributed by atoms with Gasteiger partial charge in [0.05, 0.1) is 6.04 Å². The Morgan fingerprint density at radius 2 is 1.85 bits per heavy atom. The molecule has 0 fully saturated rings. The van der Waals surface area contributed by atoms with Gasteiger partial charge in [-0.15, -0.1) is 11.3 Å². The molecule has 0 saturated heterocycles. The second kappa shape index (κ2) is 6.88. The number of benzene rings is 1. The Balaban J connectivity index is 2.50. The molecule has 1 unspecified atom stereocenters. The second-order valence-electron chi connectivity index (χ2n) is 5.33. The molecule has 0 aliphatic rings. The molecule has 1 nitrogen and oxygen atoms in total. The van der Waals surface area contributed by atoms with E-state index in [2.05, 4.69) is 72.5 Å². The first-order chi connectivity index (χ1) is 9.54. The molecule has 0 bridgehead atoms. The summed E-state index contributed by atoms with van der Waals surface area (Å²) in [7, 11) is 0. The molecule has 2 aromatic rings. The molecule has 0 amide bonds. The summed E-state index contributed by atoms with van der Waals surface area (Å²) in [5, 5.41) is 5.86. The zero-order valence-corrected chi connectivity index (χ0v) is 15.0. The number of thiophene rings is 1. The van der Waals surface area contributed by atoms with Crippen molar-refractivity contribution in [3.8, 4) is 0 Å². The highest BCUT2D eigenvalue weighted by molar-refractivity contribution is 9.10. The van der Waals surface area contributed by atoms with Gasteiger partial charge in [0.25, 0.3) is 0 Å². The van der Waals surface area contributed by atoms with E-state index < -0.39 is 0 Å². The van der Waals surface area contributed by atoms with Crippen LogP contribution >= 0.6 is 27.3 Å². The topological polar surface area (TPSA) is 12.0 Å². The molecule has 0 aliphatic carbocycles. The van der Waals surface area contributed by atoms with E-state index in [0.29, 0.717) is 0 Å². The largest absolute Gasteiger partial charge is 0.306 e. The van der Waals surface area contributed by atoms with Gasteiger partial charge in [0.1, 0.15) is 0 Å². The first-order valence-corrected chi connectivity index (χ1v) is 8.75. The molecule has 108 valence electrons. The maximum absolute atomic E-state index is 3.71. The van der Waals surface area contributed by atoms with Crippen molar-refractivity contribution < 1.29 is 0 Å². The molecule has 1 aromatic heterocycles. The minimum Gasteiger partial charge on any atom is -0.306 e. The Bertz CT molecular complexity index is 565. The number of aryl methyl sites for hydroxylation is 3. The lowest BCUT2D eigenvalue weighted by Crippen LogP contribution is -2.24. The van der Waals surface area contributed by atoms with Gasteiger partial charge in [-0.25, -0.2) is 0 Å². The number of rotatable bonds is 5. The van der Waals surface area contributed by atoms with E-state index in [1.807, 2.05) is 11.3 Å². The highest BCUT2D eigenvalue weighted by atomic mass is 79.9. The van der Waals surface area contributed by atoms with E-state index in [1.54, 1.807) is 0 Å². The summed E-state index contributed by atoms with van der Waals surface area (Å²) in [5.41, 5.74) is 5.50. The lowest BCUT2D eigenvalue weighted by atomic mass is 9.93. The zero-order chi connectivity index (χ0) is 14.7. The van der Waals surface area contributed by atoms with Crippen LogP contribution in [-0.4, -0.2) is 6.54 Å². The van der Waals surface area contributed by atoms with Crippen molar-refractivity contribution in [2.45, 2.75) is 40.2 Å². The van der Waals surface area contributed by atoms with Crippen molar-refractivity contribution in [3.63, 3.8) is 0 Å². The van der Waals surface area contributed by atoms with E-state index in [-0.39, 0.29) is 6.04 Å². The fourth-order valence-electron chi connectivity index (χ4n) is 2.77. The highest BCUT2D eigenvalue weighted by Gasteiger charge is 2.21. The average molecular weight is 352 g/mol. The number of halogens is 1. The van der Waals surface area contributed by atoms with E-state index in [9.17, 15) is 0 Å². The predicted molar refractivity (Wildman–Crippen MR) is 92.8 cm³/mol. The third-order valence-corrected chi connectivity index (χ3v) is 5.47. The fourth-order valence-corrected chi connectivity index (χ4v) is 4.46. The van der Waals surface area contributed by atoms with Gasteiger partial charge < -0.3 is 5.32 Å². The van der Waals surface area contributed by atoms with Crippen molar-refractivity contribution in [2.24, 2.45) is 0 Å². The summed E-state index contributed by atoms with van der Waals surface area (Å²) in [6.07, 6.45) is 1.14. The lowest BCUT2D eigenvalue weighted by Gasteiger charge is -2.23. The average Bonchev–Trinajstić information content (AvgIpc) is 2.78. The third kappa shape index (κ3) is 3.33. The maximum atomic E-state index is 3.71. The molecule has 1 heterocycles. The molecule has 1 N–H and O–H groups in total. The Hall–Kier alpha value is -0.640. The summed E-state index contributed by atoms with van der Waals surface area (Å²) in [6.45, 7) is 9.85. The first kappa shape index (κ1) is 15.7. The number of hydrogen-bond acceptors (Lipinski definition) is 2. The minimum atomic E-state index is 0.282. The molecule has 20 heavy (non-hydrogen) atoms. The summed E-state index contributed by atoms with van der Waals surface area (Å²) in [5.74, 6) is 0. The van der Waals surface area contributed by atoms with Crippen LogP contribution in [0.2, 0.25) is 0 Å². The second-order valence-corrected chi connectivity index (χ2v) is 7.13. The summed E-state index contributed by atoms with van der Waals surface area (Å²) in [6, 6.07) is 6.99. The van der Waals surface area contributed by atoms with Crippen LogP contribution in [0.1, 0.15) is 46.5 Å². The minimum absolute atomic E-state index is 0.282. The van der Waals surface area contributed by atoms with Gasteiger partial charge in [0, 0.05) is 9.35 Å². The smallest absolute Gasteiger partial charge is 0.0687 e. The van der Waals surface area contributed by atoms with E-state index in [4.69, 9.17) is 0 Å². The van der Waals surface area contributed by atoms with Gasteiger partial charge in [0.15, 0.2) is 0 Å². The maximum Gasteiger partial charge on any atom is 0.0687 e. The summed E-state index contributed by atoms with van der Waals surface area (Å²) >= 11 is 5.51. The normalized spacial score (nSPS) is 12.7. The van der Waals surface area contributed by atoms with E-state index in [0.717, 1.165) is 13.0 Å². The standard InChI is InChI=1S/C17H22BrNS/c1-5-7-19-16(17-14(18)6-8-20-17)15-12(3)9-11(2)10-13(15)4/h6,8-10,16,19H,5,7H2,1-4H3. The molecule has 0 spiro atoms. The van der Waals surface area contributed by atoms with Crippen LogP contribution in [-0.2, 0) is 0 Å². The zero-order valence-electron chi connectivity index (χ0n) is 12.6. The van der Waals surface area contributed by atoms with Crippen LogP contribution in [0, 0.1) is 20.8 Å². The Kier molecular flexibility index (Phi) is 5.42. The van der Waals surface area contributed by atoms with E-state index in [1.165, 1.54) is 31.6 Å². The molecule has 1 atom stereocenters. The van der Waals surface area contributed by atoms with Crippen LogP contribution in [0.25, 0.3) is 0 Å². The molecule has 2 rings (SSSR count). The fraction of sp³-hybridized carbons (Fsp3) is 0.412. The van der Waals surface area contributed by atoms with Crippen molar-refractivity contribution in [3.05, 3.63) is 55.2 Å². The van der Waals surface area contributed by atoms with Crippen molar-refractivity contribution in [2.75, 3.05) is 6.54 Å². The van der Waals surface area contributed by atoms with Gasteiger partial charge in [-0.05, 0) is 77.8 Å². The number of nitrogens with one attached hydrogen (secondary N) is 1. The van der Waals surface area contributed by atoms with E-state index >= 15 is 0 Å². The van der Waals surface area contributed by atoms with Crippen LogP contribution in [0.15, 0.2) is 28.1 Å².